The number of ether oxygens (including phenoxy) is 2. The van der Waals surface area contributed by atoms with Crippen LogP contribution in [0.3, 0.4) is 0 Å². The highest BCUT2D eigenvalue weighted by Crippen LogP contribution is 2.19. The SMILES string of the molecule is O=C(COC(=O)c1cc[n+]([O-])cc1)Nc1ccc(N2CCOCC2)cc1. The third-order valence-corrected chi connectivity index (χ3v) is 3.90. The highest BCUT2D eigenvalue weighted by Gasteiger charge is 2.13. The topological polar surface area (TPSA) is 94.8 Å². The largest absolute Gasteiger partial charge is 0.619 e. The first-order valence-electron chi connectivity index (χ1n) is 8.20. The Bertz CT molecular complexity index is 755. The van der Waals surface area contributed by atoms with E-state index in [4.69, 9.17) is 9.47 Å². The Morgan fingerprint density at radius 2 is 1.77 bits per heavy atom. The Morgan fingerprint density at radius 1 is 1.12 bits per heavy atom. The van der Waals surface area contributed by atoms with E-state index >= 15 is 0 Å². The maximum Gasteiger partial charge on any atom is 0.339 e. The fourth-order valence-corrected chi connectivity index (χ4v) is 2.54. The molecule has 1 aromatic heterocycles. The van der Waals surface area contributed by atoms with Crippen molar-refractivity contribution >= 4 is 23.3 Å². The predicted molar refractivity (Wildman–Crippen MR) is 93.8 cm³/mol. The predicted octanol–water partition coefficient (Wildman–Crippen LogP) is 0.952. The average Bonchev–Trinajstić information content (AvgIpc) is 2.68. The molecule has 0 spiro atoms. The Labute approximate surface area is 150 Å². The molecule has 1 aliphatic rings. The van der Waals surface area contributed by atoms with E-state index in [1.807, 2.05) is 12.1 Å². The Balaban J connectivity index is 1.48. The first kappa shape index (κ1) is 17.7. The summed E-state index contributed by atoms with van der Waals surface area (Å²) >= 11 is 0. The molecule has 0 saturated carbocycles. The van der Waals surface area contributed by atoms with Crippen molar-refractivity contribution < 1.29 is 23.8 Å². The van der Waals surface area contributed by atoms with Gasteiger partial charge in [-0.1, -0.05) is 0 Å². The van der Waals surface area contributed by atoms with Gasteiger partial charge in [0.05, 0.1) is 18.8 Å². The summed E-state index contributed by atoms with van der Waals surface area (Å²) in [5.74, 6) is -1.10. The summed E-state index contributed by atoms with van der Waals surface area (Å²) in [6.07, 6.45) is 2.37. The van der Waals surface area contributed by atoms with Gasteiger partial charge in [-0.15, -0.1) is 0 Å². The second kappa shape index (κ2) is 8.30. The lowest BCUT2D eigenvalue weighted by molar-refractivity contribution is -0.605. The number of nitrogens with one attached hydrogen (secondary N) is 1. The number of nitrogens with zero attached hydrogens (tertiary/aromatic N) is 2. The highest BCUT2D eigenvalue weighted by molar-refractivity contribution is 5.95. The van der Waals surface area contributed by atoms with E-state index in [0.717, 1.165) is 18.8 Å². The van der Waals surface area contributed by atoms with E-state index in [9.17, 15) is 14.8 Å². The first-order valence-corrected chi connectivity index (χ1v) is 8.20. The molecule has 8 heteroatoms. The van der Waals surface area contributed by atoms with Crippen molar-refractivity contribution in [3.8, 4) is 0 Å². The number of rotatable bonds is 5. The molecule has 1 amide bonds. The van der Waals surface area contributed by atoms with E-state index < -0.39 is 18.5 Å². The second-order valence-electron chi connectivity index (χ2n) is 5.72. The van der Waals surface area contributed by atoms with Gasteiger partial charge in [0.1, 0.15) is 0 Å². The van der Waals surface area contributed by atoms with Gasteiger partial charge >= 0.3 is 5.97 Å². The molecule has 8 nitrogen and oxygen atoms in total. The van der Waals surface area contributed by atoms with Gasteiger partial charge < -0.3 is 24.9 Å². The van der Waals surface area contributed by atoms with E-state index in [-0.39, 0.29) is 5.56 Å². The van der Waals surface area contributed by atoms with Crippen LogP contribution in [-0.2, 0) is 14.3 Å². The van der Waals surface area contributed by atoms with Crippen LogP contribution in [0.2, 0.25) is 0 Å². The number of amides is 1. The van der Waals surface area contributed by atoms with Crippen LogP contribution in [0.15, 0.2) is 48.8 Å². The van der Waals surface area contributed by atoms with Gasteiger partial charge in [0.15, 0.2) is 19.0 Å². The van der Waals surface area contributed by atoms with Crippen molar-refractivity contribution in [3.63, 3.8) is 0 Å². The zero-order valence-electron chi connectivity index (χ0n) is 14.1. The average molecular weight is 357 g/mol. The number of benzene rings is 1. The molecule has 3 rings (SSSR count). The summed E-state index contributed by atoms with van der Waals surface area (Å²) in [6, 6.07) is 10.1. The number of aromatic nitrogens is 1. The zero-order chi connectivity index (χ0) is 18.4. The molecule has 2 heterocycles. The number of hydrogen-bond donors (Lipinski definition) is 1. The number of morpholine rings is 1. The molecule has 1 saturated heterocycles. The minimum absolute atomic E-state index is 0.208. The maximum atomic E-state index is 11.9. The molecule has 136 valence electrons. The number of esters is 1. The normalized spacial score (nSPS) is 13.9. The quantitative estimate of drug-likeness (QED) is 0.486. The lowest BCUT2D eigenvalue weighted by atomic mass is 10.2. The zero-order valence-corrected chi connectivity index (χ0v) is 14.1. The molecule has 1 aliphatic heterocycles. The van der Waals surface area contributed by atoms with Crippen molar-refractivity contribution in [2.24, 2.45) is 0 Å². The molecule has 0 bridgehead atoms. The van der Waals surface area contributed by atoms with E-state index in [1.165, 1.54) is 24.5 Å². The van der Waals surface area contributed by atoms with Crippen molar-refractivity contribution in [1.82, 2.24) is 0 Å². The van der Waals surface area contributed by atoms with E-state index in [2.05, 4.69) is 10.2 Å². The van der Waals surface area contributed by atoms with Crippen LogP contribution in [0.1, 0.15) is 10.4 Å². The first-order chi connectivity index (χ1) is 12.6. The smallest absolute Gasteiger partial charge is 0.339 e. The number of carbonyl (C=O) groups excluding carboxylic acids is 2. The monoisotopic (exact) mass is 357 g/mol. The molecular weight excluding hydrogens is 338 g/mol. The van der Waals surface area contributed by atoms with E-state index in [0.29, 0.717) is 23.6 Å². The van der Waals surface area contributed by atoms with Crippen LogP contribution >= 0.6 is 0 Å². The Hall–Kier alpha value is -3.13. The summed E-state index contributed by atoms with van der Waals surface area (Å²) in [4.78, 5) is 25.9. The van der Waals surface area contributed by atoms with Crippen LogP contribution in [0.25, 0.3) is 0 Å². The van der Waals surface area contributed by atoms with Gasteiger partial charge in [0.2, 0.25) is 0 Å². The summed E-state index contributed by atoms with van der Waals surface area (Å²) in [6.45, 7) is 2.69. The van der Waals surface area contributed by atoms with Crippen LogP contribution in [0.4, 0.5) is 11.4 Å². The summed E-state index contributed by atoms with van der Waals surface area (Å²) < 4.78 is 10.8. The fourth-order valence-electron chi connectivity index (χ4n) is 2.54. The minimum atomic E-state index is -0.664. The van der Waals surface area contributed by atoms with Crippen molar-refractivity contribution in [2.75, 3.05) is 43.1 Å². The van der Waals surface area contributed by atoms with Crippen LogP contribution in [-0.4, -0.2) is 44.8 Å². The highest BCUT2D eigenvalue weighted by atomic mass is 16.5. The fraction of sp³-hybridized carbons (Fsp3) is 0.278. The summed E-state index contributed by atoms with van der Waals surface area (Å²) in [5.41, 5.74) is 1.90. The molecule has 2 aromatic rings. The van der Waals surface area contributed by atoms with Crippen LogP contribution in [0, 0.1) is 5.21 Å². The van der Waals surface area contributed by atoms with E-state index in [1.54, 1.807) is 12.1 Å². The third kappa shape index (κ3) is 4.70. The van der Waals surface area contributed by atoms with Crippen molar-refractivity contribution in [3.05, 3.63) is 59.6 Å². The Kier molecular flexibility index (Phi) is 5.65. The number of hydrogen-bond acceptors (Lipinski definition) is 6. The lowest BCUT2D eigenvalue weighted by Crippen LogP contribution is -2.36. The molecule has 1 fully saturated rings. The van der Waals surface area contributed by atoms with Gasteiger partial charge in [0.25, 0.3) is 5.91 Å². The van der Waals surface area contributed by atoms with Gasteiger partial charge in [-0.2, -0.15) is 4.73 Å². The molecular formula is C18H19N3O5. The molecule has 0 radical (unpaired) electrons. The van der Waals surface area contributed by atoms with Crippen molar-refractivity contribution in [1.29, 1.82) is 0 Å². The number of anilines is 2. The van der Waals surface area contributed by atoms with Gasteiger partial charge in [-0.25, -0.2) is 4.79 Å². The van der Waals surface area contributed by atoms with Gasteiger partial charge in [-0.3, -0.25) is 4.79 Å². The van der Waals surface area contributed by atoms with Gasteiger partial charge in [-0.05, 0) is 24.3 Å². The standard InChI is InChI=1S/C18H19N3O5/c22-17(13-26-18(23)14-5-7-21(24)8-6-14)19-15-1-3-16(4-2-15)20-9-11-25-12-10-20/h1-8H,9-13H2,(H,19,22). The summed E-state index contributed by atoms with van der Waals surface area (Å²) in [7, 11) is 0. The Morgan fingerprint density at radius 3 is 2.42 bits per heavy atom. The number of pyridine rings is 1. The number of carbonyl (C=O) groups is 2. The summed E-state index contributed by atoms with van der Waals surface area (Å²) in [5, 5.41) is 13.6. The molecule has 1 N–H and O–H groups in total. The minimum Gasteiger partial charge on any atom is -0.619 e. The van der Waals surface area contributed by atoms with Crippen LogP contribution in [0.5, 0.6) is 0 Å². The molecule has 0 unspecified atom stereocenters. The molecule has 0 atom stereocenters. The molecule has 1 aromatic carbocycles. The van der Waals surface area contributed by atoms with Gasteiger partial charge in [0, 0.05) is 36.6 Å². The second-order valence-corrected chi connectivity index (χ2v) is 5.72. The van der Waals surface area contributed by atoms with Crippen LogP contribution < -0.4 is 14.9 Å². The lowest BCUT2D eigenvalue weighted by Gasteiger charge is -2.28. The van der Waals surface area contributed by atoms with Crippen molar-refractivity contribution in [2.45, 2.75) is 0 Å². The molecule has 26 heavy (non-hydrogen) atoms. The third-order valence-electron chi connectivity index (χ3n) is 3.90. The maximum absolute atomic E-state index is 11.9. The molecule has 0 aliphatic carbocycles.